The van der Waals surface area contributed by atoms with Gasteiger partial charge in [-0.1, -0.05) is 109 Å². The van der Waals surface area contributed by atoms with Gasteiger partial charge in [0.05, 0.1) is 6.10 Å². The van der Waals surface area contributed by atoms with Crippen LogP contribution < -0.4 is 5.32 Å². The highest BCUT2D eigenvalue weighted by atomic mass is 16.5. The summed E-state index contributed by atoms with van der Waals surface area (Å²) in [5.41, 5.74) is 2.91. The van der Waals surface area contributed by atoms with E-state index in [1.54, 1.807) is 19.3 Å². The maximum Gasteiger partial charge on any atom is 0.342 e. The van der Waals surface area contributed by atoms with Gasteiger partial charge in [0.25, 0.3) is 6.47 Å². The summed E-state index contributed by atoms with van der Waals surface area (Å²) < 4.78 is 11.1. The van der Waals surface area contributed by atoms with Crippen LogP contribution in [0.3, 0.4) is 0 Å². The predicted molar refractivity (Wildman–Crippen MR) is 237 cm³/mol. The Labute approximate surface area is 352 Å². The van der Waals surface area contributed by atoms with Crippen molar-refractivity contribution < 1.29 is 29.3 Å². The second-order valence-electron chi connectivity index (χ2n) is 19.5. The molecule has 4 aliphatic rings. The van der Waals surface area contributed by atoms with Gasteiger partial charge in [0.1, 0.15) is 23.5 Å². The molecule has 0 amide bonds. The Morgan fingerprint density at radius 3 is 2.55 bits per heavy atom. The molecule has 0 saturated heterocycles. The molecule has 0 bridgehead atoms. The van der Waals surface area contributed by atoms with Gasteiger partial charge >= 0.3 is 5.97 Å². The maximum atomic E-state index is 12.7. The van der Waals surface area contributed by atoms with Crippen LogP contribution in [0.25, 0.3) is 0 Å². The Bertz CT molecular complexity index is 1500. The summed E-state index contributed by atoms with van der Waals surface area (Å²) in [6.07, 6.45) is 28.2. The number of allylic oxidation sites excluding steroid dienone is 3. The minimum atomic E-state index is -0.548. The van der Waals surface area contributed by atoms with Crippen molar-refractivity contribution in [3.8, 4) is 5.75 Å². The standard InChI is InChI=1S/C30H52O2.C21H29NO4/c1-21(2)9-7-10-24(5)28-16-17-29-27-15-12-22(3)19-25(32-20-31)14-13-23(4)26(27)11-8-18-30(28,29)6;1-15-8-4-3-5-9-16-10-6-12-18(23)20(16)21(25)26-17(14-19(15)24)11-7-13-22-2/h12,20-21,23-29H,7-11,13-19H2,1-6H3;3,5-7,10,12-13,15,17,19,22-24H,4,8-9,11,14H2,1-2H3/b22-12+;5-3+,13-7+/t23?,24-,25?,26?,27?,28?,29?,30?;/m1./s1. The molecular weight excluding hydrogens is 723 g/mol. The van der Waals surface area contributed by atoms with Gasteiger partial charge in [0, 0.05) is 26.3 Å². The molecule has 1 aromatic carbocycles. The molecule has 11 atom stereocenters. The molecule has 58 heavy (non-hydrogen) atoms. The minimum absolute atomic E-state index is 0.0707. The summed E-state index contributed by atoms with van der Waals surface area (Å²) in [5.74, 6) is 5.40. The Balaban J connectivity index is 0.000000262. The van der Waals surface area contributed by atoms with Crippen molar-refractivity contribution in [3.05, 3.63) is 65.4 Å². The Hall–Kier alpha value is -3.06. The largest absolute Gasteiger partial charge is 0.507 e. The number of carbonyl (C=O) groups excluding carboxylic acids is 2. The molecule has 5 rings (SSSR count). The van der Waals surface area contributed by atoms with Crippen LogP contribution in [0.4, 0.5) is 0 Å². The lowest BCUT2D eigenvalue weighted by Crippen LogP contribution is -2.37. The van der Waals surface area contributed by atoms with Gasteiger partial charge in [-0.3, -0.25) is 4.79 Å². The number of cyclic esters (lactones) is 1. The number of hydrogen-bond acceptors (Lipinski definition) is 7. The molecule has 1 heterocycles. The topological polar surface area (TPSA) is 105 Å². The van der Waals surface area contributed by atoms with Gasteiger partial charge in [-0.05, 0) is 142 Å². The van der Waals surface area contributed by atoms with Crippen LogP contribution in [0.2, 0.25) is 0 Å². The lowest BCUT2D eigenvalue weighted by atomic mass is 9.61. The zero-order valence-corrected chi connectivity index (χ0v) is 37.6. The lowest BCUT2D eigenvalue weighted by molar-refractivity contribution is -0.134. The monoisotopic (exact) mass is 804 g/mol. The van der Waals surface area contributed by atoms with Crippen molar-refractivity contribution in [3.63, 3.8) is 0 Å². The fourth-order valence-corrected chi connectivity index (χ4v) is 11.5. The SMILES string of the molecule is C/C1=C\CC2C(CCCC3(C)C2CCC3[C@H](C)CCCC(C)C)C(C)CCC(OC=O)C1.CN/C=C/CC1CC(O)C(C)CC/C=C/Cc2cccc(O)c2C(=O)O1. The van der Waals surface area contributed by atoms with Crippen molar-refractivity contribution >= 4 is 12.4 Å². The summed E-state index contributed by atoms with van der Waals surface area (Å²) in [5, 5.41) is 23.6. The highest BCUT2D eigenvalue weighted by molar-refractivity contribution is 5.94. The van der Waals surface area contributed by atoms with Crippen molar-refractivity contribution in [1.29, 1.82) is 0 Å². The summed E-state index contributed by atoms with van der Waals surface area (Å²) in [6, 6.07) is 5.05. The molecule has 0 radical (unpaired) electrons. The van der Waals surface area contributed by atoms with Crippen LogP contribution in [-0.4, -0.2) is 48.0 Å². The van der Waals surface area contributed by atoms with Crippen molar-refractivity contribution in [1.82, 2.24) is 5.32 Å². The number of rotatable bonds is 10. The third kappa shape index (κ3) is 13.5. The van der Waals surface area contributed by atoms with E-state index >= 15 is 0 Å². The van der Waals surface area contributed by atoms with Crippen molar-refractivity contribution in [2.75, 3.05) is 7.05 Å². The predicted octanol–water partition coefficient (Wildman–Crippen LogP) is 11.9. The average Bonchev–Trinajstić information content (AvgIpc) is 3.44. The maximum absolute atomic E-state index is 12.7. The molecule has 0 spiro atoms. The average molecular weight is 804 g/mol. The number of fused-ring (bicyclic) bond motifs is 4. The molecular formula is C51H81NO6. The van der Waals surface area contributed by atoms with E-state index in [1.807, 2.05) is 25.1 Å². The number of esters is 1. The quantitative estimate of drug-likeness (QED) is 0.123. The molecule has 3 aliphatic carbocycles. The number of ether oxygens (including phenoxy) is 2. The lowest BCUT2D eigenvalue weighted by Gasteiger charge is -2.44. The molecule has 10 unspecified atom stereocenters. The number of benzene rings is 1. The highest BCUT2D eigenvalue weighted by Crippen LogP contribution is 2.61. The minimum Gasteiger partial charge on any atom is -0.507 e. The molecule has 3 N–H and O–H groups in total. The van der Waals surface area contributed by atoms with E-state index in [9.17, 15) is 19.8 Å². The zero-order valence-electron chi connectivity index (χ0n) is 37.6. The van der Waals surface area contributed by atoms with Crippen LogP contribution in [-0.2, 0) is 20.7 Å². The van der Waals surface area contributed by atoms with E-state index in [4.69, 9.17) is 9.47 Å². The van der Waals surface area contributed by atoms with E-state index in [1.165, 1.54) is 75.8 Å². The Morgan fingerprint density at radius 1 is 1.02 bits per heavy atom. The van der Waals surface area contributed by atoms with Gasteiger partial charge in [0.15, 0.2) is 0 Å². The van der Waals surface area contributed by atoms with Crippen LogP contribution in [0.15, 0.2) is 54.3 Å². The second-order valence-corrected chi connectivity index (χ2v) is 19.5. The first-order valence-electron chi connectivity index (χ1n) is 23.2. The zero-order chi connectivity index (χ0) is 42.2. The number of carbonyl (C=O) groups is 2. The molecule has 1 aromatic rings. The fraction of sp³-hybridized carbons (Fsp3) is 0.725. The van der Waals surface area contributed by atoms with Gasteiger partial charge in [-0.15, -0.1) is 0 Å². The summed E-state index contributed by atoms with van der Waals surface area (Å²) in [7, 11) is 1.80. The summed E-state index contributed by atoms with van der Waals surface area (Å²) >= 11 is 0. The third-order valence-corrected chi connectivity index (χ3v) is 14.9. The first-order chi connectivity index (χ1) is 27.8. The van der Waals surface area contributed by atoms with Gasteiger partial charge < -0.3 is 25.0 Å². The van der Waals surface area contributed by atoms with Crippen LogP contribution in [0, 0.1) is 52.8 Å². The van der Waals surface area contributed by atoms with Gasteiger partial charge in [0.2, 0.25) is 0 Å². The molecule has 7 nitrogen and oxygen atoms in total. The second kappa shape index (κ2) is 23.7. The third-order valence-electron chi connectivity index (χ3n) is 14.9. The molecule has 1 aliphatic heterocycles. The van der Waals surface area contributed by atoms with Gasteiger partial charge in [-0.25, -0.2) is 4.79 Å². The summed E-state index contributed by atoms with van der Waals surface area (Å²) in [6.45, 7) is 17.4. The molecule has 0 aromatic heterocycles. The van der Waals surface area contributed by atoms with Crippen LogP contribution in [0.5, 0.6) is 5.75 Å². The molecule has 2 fully saturated rings. The van der Waals surface area contributed by atoms with Crippen LogP contribution in [0.1, 0.15) is 167 Å². The molecule has 7 heteroatoms. The number of phenolic OH excluding ortho intramolecular Hbond substituents is 1. The molecule has 2 saturated carbocycles. The Kier molecular flexibility index (Phi) is 19.4. The van der Waals surface area contributed by atoms with E-state index in [0.717, 1.165) is 72.7 Å². The van der Waals surface area contributed by atoms with Crippen molar-refractivity contribution in [2.45, 2.75) is 176 Å². The number of nitrogens with one attached hydrogen (secondary N) is 1. The van der Waals surface area contributed by atoms with Gasteiger partial charge in [-0.2, -0.15) is 0 Å². The smallest absolute Gasteiger partial charge is 0.342 e. The first kappa shape index (κ1) is 47.6. The number of hydrogen-bond donors (Lipinski definition) is 3. The van der Waals surface area contributed by atoms with Crippen LogP contribution >= 0.6 is 0 Å². The fourth-order valence-electron chi connectivity index (χ4n) is 11.5. The van der Waals surface area contributed by atoms with E-state index in [-0.39, 0.29) is 23.3 Å². The normalized spacial score (nSPS) is 34.3. The summed E-state index contributed by atoms with van der Waals surface area (Å²) in [4.78, 5) is 23.7. The highest BCUT2D eigenvalue weighted by Gasteiger charge is 2.53. The van der Waals surface area contributed by atoms with E-state index in [0.29, 0.717) is 31.1 Å². The number of aliphatic hydroxyl groups is 1. The molecule has 326 valence electrons. The van der Waals surface area contributed by atoms with E-state index in [2.05, 4.69) is 59.0 Å². The van der Waals surface area contributed by atoms with E-state index < -0.39 is 18.2 Å². The van der Waals surface area contributed by atoms with Crippen molar-refractivity contribution in [2.24, 2.45) is 52.8 Å². The first-order valence-corrected chi connectivity index (χ1v) is 23.2. The number of phenols is 1. The number of aromatic hydroxyl groups is 1. The number of aliphatic hydroxyl groups excluding tert-OH is 1. The Morgan fingerprint density at radius 2 is 1.81 bits per heavy atom.